The van der Waals surface area contributed by atoms with E-state index in [4.69, 9.17) is 4.74 Å². The summed E-state index contributed by atoms with van der Waals surface area (Å²) >= 11 is 0. The van der Waals surface area contributed by atoms with Gasteiger partial charge >= 0.3 is 0 Å². The Morgan fingerprint density at radius 1 is 1.00 bits per heavy atom. The van der Waals surface area contributed by atoms with E-state index in [-0.39, 0.29) is 0 Å². The van der Waals surface area contributed by atoms with E-state index in [1.54, 1.807) is 7.11 Å². The maximum absolute atomic E-state index is 5.22. The third-order valence-corrected chi connectivity index (χ3v) is 4.35. The number of anilines is 1. The molecule has 2 heterocycles. The molecule has 2 aromatic rings. The predicted octanol–water partition coefficient (Wildman–Crippen LogP) is 3.11. The van der Waals surface area contributed by atoms with Crippen LogP contribution in [0.4, 0.5) is 5.82 Å². The van der Waals surface area contributed by atoms with E-state index in [2.05, 4.69) is 52.0 Å². The molecule has 1 fully saturated rings. The minimum Gasteiger partial charge on any atom is -0.497 e. The van der Waals surface area contributed by atoms with Gasteiger partial charge in [-0.25, -0.2) is 4.98 Å². The first-order chi connectivity index (χ1) is 11.2. The lowest BCUT2D eigenvalue weighted by Crippen LogP contribution is -2.31. The molecule has 1 aromatic carbocycles. The molecule has 3 rings (SSSR count). The molecule has 0 aliphatic carbocycles. The van der Waals surface area contributed by atoms with Crippen LogP contribution >= 0.6 is 0 Å². The zero-order valence-electron chi connectivity index (χ0n) is 14.0. The van der Waals surface area contributed by atoms with Crippen LogP contribution in [0.3, 0.4) is 0 Å². The first kappa shape index (κ1) is 15.8. The molecule has 4 heteroatoms. The van der Waals surface area contributed by atoms with Gasteiger partial charge in [0.1, 0.15) is 11.6 Å². The number of hydrogen-bond donors (Lipinski definition) is 0. The highest BCUT2D eigenvalue weighted by molar-refractivity contribution is 5.39. The number of methoxy groups -OCH3 is 1. The Balaban J connectivity index is 1.59. The Labute approximate surface area is 138 Å². The van der Waals surface area contributed by atoms with E-state index < -0.39 is 0 Å². The number of pyridine rings is 1. The van der Waals surface area contributed by atoms with Crippen LogP contribution < -0.4 is 9.64 Å². The molecule has 0 bridgehead atoms. The normalized spacial score (nSPS) is 16.2. The minimum atomic E-state index is 0.918. The van der Waals surface area contributed by atoms with Crippen LogP contribution in [0.1, 0.15) is 17.7 Å². The minimum absolute atomic E-state index is 0.918. The zero-order valence-corrected chi connectivity index (χ0v) is 14.0. The van der Waals surface area contributed by atoms with Crippen LogP contribution in [-0.2, 0) is 6.54 Å². The molecule has 23 heavy (non-hydrogen) atoms. The smallest absolute Gasteiger partial charge is 0.128 e. The van der Waals surface area contributed by atoms with Crippen LogP contribution in [0.15, 0.2) is 42.5 Å². The fraction of sp³-hybridized carbons (Fsp3) is 0.421. The SMILES string of the molecule is COc1ccc(CN2CCCN(c3cccc(C)n3)CC2)cc1. The van der Waals surface area contributed by atoms with Crippen molar-refractivity contribution >= 4 is 5.82 Å². The summed E-state index contributed by atoms with van der Waals surface area (Å²) in [6.45, 7) is 7.37. The van der Waals surface area contributed by atoms with Crippen molar-refractivity contribution in [1.82, 2.24) is 9.88 Å². The highest BCUT2D eigenvalue weighted by Crippen LogP contribution is 2.17. The fourth-order valence-corrected chi connectivity index (χ4v) is 3.05. The maximum Gasteiger partial charge on any atom is 0.128 e. The molecule has 1 aliphatic heterocycles. The van der Waals surface area contributed by atoms with Gasteiger partial charge in [0.2, 0.25) is 0 Å². The number of hydrogen-bond acceptors (Lipinski definition) is 4. The molecule has 122 valence electrons. The lowest BCUT2D eigenvalue weighted by molar-refractivity contribution is 0.285. The Morgan fingerprint density at radius 2 is 1.83 bits per heavy atom. The summed E-state index contributed by atoms with van der Waals surface area (Å²) in [7, 11) is 1.71. The Hall–Kier alpha value is -2.07. The molecule has 0 spiro atoms. The first-order valence-electron chi connectivity index (χ1n) is 8.28. The topological polar surface area (TPSA) is 28.6 Å². The predicted molar refractivity (Wildman–Crippen MR) is 94.1 cm³/mol. The number of nitrogens with zero attached hydrogens (tertiary/aromatic N) is 3. The van der Waals surface area contributed by atoms with Crippen molar-refractivity contribution in [1.29, 1.82) is 0 Å². The zero-order chi connectivity index (χ0) is 16.1. The molecule has 0 N–H and O–H groups in total. The van der Waals surface area contributed by atoms with Gasteiger partial charge in [0.15, 0.2) is 0 Å². The number of benzene rings is 1. The van der Waals surface area contributed by atoms with Crippen molar-refractivity contribution < 1.29 is 4.74 Å². The van der Waals surface area contributed by atoms with E-state index >= 15 is 0 Å². The lowest BCUT2D eigenvalue weighted by Gasteiger charge is -2.23. The molecule has 4 nitrogen and oxygen atoms in total. The highest BCUT2D eigenvalue weighted by atomic mass is 16.5. The average Bonchev–Trinajstić information content (AvgIpc) is 2.81. The fourth-order valence-electron chi connectivity index (χ4n) is 3.05. The largest absolute Gasteiger partial charge is 0.497 e. The molecule has 1 aromatic heterocycles. The molecule has 0 amide bonds. The van der Waals surface area contributed by atoms with Crippen molar-refractivity contribution in [2.24, 2.45) is 0 Å². The number of ether oxygens (including phenoxy) is 1. The summed E-state index contributed by atoms with van der Waals surface area (Å²) in [6, 6.07) is 14.7. The molecule has 0 atom stereocenters. The molecule has 0 saturated carbocycles. The highest BCUT2D eigenvalue weighted by Gasteiger charge is 2.16. The summed E-state index contributed by atoms with van der Waals surface area (Å²) in [4.78, 5) is 9.59. The summed E-state index contributed by atoms with van der Waals surface area (Å²) in [5, 5.41) is 0. The van der Waals surface area contributed by atoms with Gasteiger partial charge in [-0.3, -0.25) is 4.90 Å². The second-order valence-electron chi connectivity index (χ2n) is 6.10. The lowest BCUT2D eigenvalue weighted by atomic mass is 10.2. The van der Waals surface area contributed by atoms with Crippen LogP contribution in [0, 0.1) is 6.92 Å². The van der Waals surface area contributed by atoms with Crippen LogP contribution in [-0.4, -0.2) is 43.2 Å². The number of aryl methyl sites for hydroxylation is 1. The Bertz CT molecular complexity index is 627. The molecular formula is C19H25N3O. The standard InChI is InChI=1S/C19H25N3O/c1-16-5-3-6-19(20-16)22-12-4-11-21(13-14-22)15-17-7-9-18(23-2)10-8-17/h3,5-10H,4,11-15H2,1-2H3. The van der Waals surface area contributed by atoms with Gasteiger partial charge in [-0.2, -0.15) is 0 Å². The number of rotatable bonds is 4. The van der Waals surface area contributed by atoms with Gasteiger partial charge in [-0.1, -0.05) is 18.2 Å². The summed E-state index contributed by atoms with van der Waals surface area (Å²) in [6.07, 6.45) is 1.17. The van der Waals surface area contributed by atoms with Crippen LogP contribution in [0.25, 0.3) is 0 Å². The molecular weight excluding hydrogens is 286 g/mol. The summed E-state index contributed by atoms with van der Waals surface area (Å²) < 4.78 is 5.22. The van der Waals surface area contributed by atoms with E-state index in [0.717, 1.165) is 50.0 Å². The summed E-state index contributed by atoms with van der Waals surface area (Å²) in [5.74, 6) is 2.03. The third kappa shape index (κ3) is 4.23. The van der Waals surface area contributed by atoms with E-state index in [9.17, 15) is 0 Å². The molecule has 1 saturated heterocycles. The summed E-state index contributed by atoms with van der Waals surface area (Å²) in [5.41, 5.74) is 2.43. The Kier molecular flexibility index (Phi) is 5.13. The quantitative estimate of drug-likeness (QED) is 0.867. The molecule has 0 unspecified atom stereocenters. The van der Waals surface area contributed by atoms with E-state index in [0.29, 0.717) is 0 Å². The van der Waals surface area contributed by atoms with Crippen molar-refractivity contribution in [3.05, 3.63) is 53.7 Å². The van der Waals surface area contributed by atoms with Crippen LogP contribution in [0.2, 0.25) is 0 Å². The van der Waals surface area contributed by atoms with E-state index in [1.807, 2.05) is 12.1 Å². The number of aromatic nitrogens is 1. The van der Waals surface area contributed by atoms with Crippen molar-refractivity contribution in [3.63, 3.8) is 0 Å². The van der Waals surface area contributed by atoms with Crippen LogP contribution in [0.5, 0.6) is 5.75 Å². The van der Waals surface area contributed by atoms with E-state index in [1.165, 1.54) is 12.0 Å². The van der Waals surface area contributed by atoms with Gasteiger partial charge in [-0.15, -0.1) is 0 Å². The second kappa shape index (κ2) is 7.47. The Morgan fingerprint density at radius 3 is 2.57 bits per heavy atom. The van der Waals surface area contributed by atoms with Gasteiger partial charge in [-0.05, 0) is 43.2 Å². The van der Waals surface area contributed by atoms with Crippen molar-refractivity contribution in [2.75, 3.05) is 38.2 Å². The maximum atomic E-state index is 5.22. The molecule has 0 radical (unpaired) electrons. The van der Waals surface area contributed by atoms with Crippen molar-refractivity contribution in [2.45, 2.75) is 19.9 Å². The molecule has 1 aliphatic rings. The second-order valence-corrected chi connectivity index (χ2v) is 6.10. The van der Waals surface area contributed by atoms with Gasteiger partial charge in [0.25, 0.3) is 0 Å². The third-order valence-electron chi connectivity index (χ3n) is 4.35. The van der Waals surface area contributed by atoms with Crippen molar-refractivity contribution in [3.8, 4) is 5.75 Å². The monoisotopic (exact) mass is 311 g/mol. The van der Waals surface area contributed by atoms with Gasteiger partial charge < -0.3 is 9.64 Å². The van der Waals surface area contributed by atoms with Gasteiger partial charge in [0, 0.05) is 38.4 Å². The average molecular weight is 311 g/mol. The van der Waals surface area contributed by atoms with Gasteiger partial charge in [0.05, 0.1) is 7.11 Å². The first-order valence-corrected chi connectivity index (χ1v) is 8.28.